The zero-order valence-electron chi connectivity index (χ0n) is 12.7. The van der Waals surface area contributed by atoms with Crippen LogP contribution in [0.2, 0.25) is 15.1 Å². The van der Waals surface area contributed by atoms with Crippen molar-refractivity contribution in [3.05, 3.63) is 56.5 Å². The van der Waals surface area contributed by atoms with Gasteiger partial charge < -0.3 is 5.32 Å². The average Bonchev–Trinajstić information content (AvgIpc) is 2.45. The first kappa shape index (κ1) is 18.9. The van der Waals surface area contributed by atoms with E-state index in [2.05, 4.69) is 10.0 Å². The van der Waals surface area contributed by atoms with E-state index in [0.717, 1.165) is 6.26 Å². The summed E-state index contributed by atoms with van der Waals surface area (Å²) in [6.07, 6.45) is 1.04. The minimum Gasteiger partial charge on any atom is -0.321 e. The van der Waals surface area contributed by atoms with Crippen molar-refractivity contribution in [1.82, 2.24) is 0 Å². The molecule has 24 heavy (non-hydrogen) atoms. The quantitative estimate of drug-likeness (QED) is 0.728. The number of amides is 1. The Hall–Kier alpha value is -1.47. The van der Waals surface area contributed by atoms with E-state index < -0.39 is 15.9 Å². The van der Waals surface area contributed by atoms with Crippen molar-refractivity contribution in [2.45, 2.75) is 6.92 Å². The van der Waals surface area contributed by atoms with Gasteiger partial charge in [0.25, 0.3) is 5.91 Å². The lowest BCUT2D eigenvalue weighted by atomic mass is 10.1. The standard InChI is InChI=1S/C15H13Cl3N2O3S/c1-8-9(4-3-5-13(8)20-24(2,22)23)15(21)19-14-7-11(17)10(16)6-12(14)18/h3-7,20H,1-2H3,(H,19,21). The number of benzene rings is 2. The maximum absolute atomic E-state index is 12.5. The molecule has 0 radical (unpaired) electrons. The van der Waals surface area contributed by atoms with Gasteiger partial charge in [0.05, 0.1) is 32.7 Å². The summed E-state index contributed by atoms with van der Waals surface area (Å²) in [6.45, 7) is 1.64. The average molecular weight is 408 g/mol. The Bertz CT molecular complexity index is 914. The Morgan fingerprint density at radius 1 is 1.00 bits per heavy atom. The molecule has 2 N–H and O–H groups in total. The van der Waals surface area contributed by atoms with Gasteiger partial charge in [-0.15, -0.1) is 0 Å². The van der Waals surface area contributed by atoms with E-state index in [-0.39, 0.29) is 15.1 Å². The molecule has 0 aliphatic heterocycles. The number of carbonyl (C=O) groups is 1. The van der Waals surface area contributed by atoms with Crippen LogP contribution in [0.25, 0.3) is 0 Å². The van der Waals surface area contributed by atoms with Crippen molar-refractivity contribution >= 4 is 62.1 Å². The zero-order chi connectivity index (χ0) is 18.1. The smallest absolute Gasteiger partial charge is 0.256 e. The third-order valence-corrected chi connectivity index (χ3v) is 4.76. The highest BCUT2D eigenvalue weighted by atomic mass is 35.5. The van der Waals surface area contributed by atoms with Crippen LogP contribution in [0, 0.1) is 6.92 Å². The number of anilines is 2. The highest BCUT2D eigenvalue weighted by molar-refractivity contribution is 7.92. The van der Waals surface area contributed by atoms with Gasteiger partial charge in [-0.05, 0) is 36.8 Å². The van der Waals surface area contributed by atoms with Crippen molar-refractivity contribution in [1.29, 1.82) is 0 Å². The topological polar surface area (TPSA) is 75.3 Å². The fraction of sp³-hybridized carbons (Fsp3) is 0.133. The number of carbonyl (C=O) groups excluding carboxylic acids is 1. The second kappa shape index (κ2) is 7.19. The Kier molecular flexibility index (Phi) is 5.65. The second-order valence-corrected chi connectivity index (χ2v) is 8.02. The van der Waals surface area contributed by atoms with Crippen LogP contribution in [-0.4, -0.2) is 20.6 Å². The molecule has 9 heteroatoms. The van der Waals surface area contributed by atoms with Crippen LogP contribution >= 0.6 is 34.8 Å². The Morgan fingerprint density at radius 3 is 2.25 bits per heavy atom. The first-order chi connectivity index (χ1) is 11.1. The lowest BCUT2D eigenvalue weighted by Crippen LogP contribution is -2.16. The molecule has 0 atom stereocenters. The minimum atomic E-state index is -3.45. The van der Waals surface area contributed by atoms with E-state index >= 15 is 0 Å². The fourth-order valence-corrected chi connectivity index (χ4v) is 3.21. The third kappa shape index (κ3) is 4.54. The van der Waals surface area contributed by atoms with Crippen molar-refractivity contribution in [2.75, 3.05) is 16.3 Å². The maximum atomic E-state index is 12.5. The predicted molar refractivity (Wildman–Crippen MR) is 99.1 cm³/mol. The molecule has 0 spiro atoms. The SMILES string of the molecule is Cc1c(NS(C)(=O)=O)cccc1C(=O)Nc1cc(Cl)c(Cl)cc1Cl. The number of hydrogen-bond donors (Lipinski definition) is 2. The van der Waals surface area contributed by atoms with Crippen LogP contribution < -0.4 is 10.0 Å². The van der Waals surface area contributed by atoms with Crippen LogP contribution in [0.3, 0.4) is 0 Å². The van der Waals surface area contributed by atoms with Gasteiger partial charge in [0, 0.05) is 5.56 Å². The maximum Gasteiger partial charge on any atom is 0.256 e. The number of nitrogens with one attached hydrogen (secondary N) is 2. The highest BCUT2D eigenvalue weighted by Crippen LogP contribution is 2.32. The molecule has 0 aliphatic carbocycles. The van der Waals surface area contributed by atoms with Gasteiger partial charge in [-0.3, -0.25) is 9.52 Å². The Morgan fingerprint density at radius 2 is 1.62 bits per heavy atom. The van der Waals surface area contributed by atoms with Crippen LogP contribution in [0.5, 0.6) is 0 Å². The molecule has 0 unspecified atom stereocenters. The molecule has 128 valence electrons. The van der Waals surface area contributed by atoms with Gasteiger partial charge in [-0.2, -0.15) is 0 Å². The van der Waals surface area contributed by atoms with Gasteiger partial charge in [0.2, 0.25) is 10.0 Å². The zero-order valence-corrected chi connectivity index (χ0v) is 15.7. The molecule has 2 aromatic rings. The van der Waals surface area contributed by atoms with Crippen LogP contribution in [0.4, 0.5) is 11.4 Å². The summed E-state index contributed by atoms with van der Waals surface area (Å²) in [6, 6.07) is 7.59. The number of hydrogen-bond acceptors (Lipinski definition) is 3. The summed E-state index contributed by atoms with van der Waals surface area (Å²) in [5.74, 6) is -0.454. The van der Waals surface area contributed by atoms with E-state index in [1.54, 1.807) is 25.1 Å². The van der Waals surface area contributed by atoms with Gasteiger partial charge in [-0.1, -0.05) is 40.9 Å². The summed E-state index contributed by atoms with van der Waals surface area (Å²) in [4.78, 5) is 12.5. The van der Waals surface area contributed by atoms with Gasteiger partial charge >= 0.3 is 0 Å². The molecule has 0 heterocycles. The summed E-state index contributed by atoms with van der Waals surface area (Å²) < 4.78 is 25.1. The normalized spacial score (nSPS) is 11.2. The van der Waals surface area contributed by atoms with E-state index in [9.17, 15) is 13.2 Å². The molecule has 2 aromatic carbocycles. The fourth-order valence-electron chi connectivity index (χ4n) is 2.00. The third-order valence-electron chi connectivity index (χ3n) is 3.13. The van der Waals surface area contributed by atoms with Gasteiger partial charge in [0.1, 0.15) is 0 Å². The predicted octanol–water partition coefficient (Wildman–Crippen LogP) is 4.58. The van der Waals surface area contributed by atoms with Crippen molar-refractivity contribution in [3.8, 4) is 0 Å². The number of halogens is 3. The lowest BCUT2D eigenvalue weighted by Gasteiger charge is -2.13. The van der Waals surface area contributed by atoms with Crippen molar-refractivity contribution < 1.29 is 13.2 Å². The molecule has 0 saturated carbocycles. The Balaban J connectivity index is 2.34. The molecule has 0 bridgehead atoms. The van der Waals surface area contributed by atoms with Crippen LogP contribution in [0.15, 0.2) is 30.3 Å². The Labute approximate surface area is 155 Å². The van der Waals surface area contributed by atoms with Gasteiger partial charge in [0.15, 0.2) is 0 Å². The van der Waals surface area contributed by atoms with Crippen molar-refractivity contribution in [3.63, 3.8) is 0 Å². The summed E-state index contributed by atoms with van der Waals surface area (Å²) in [5, 5.41) is 3.39. The summed E-state index contributed by atoms with van der Waals surface area (Å²) in [5.41, 5.74) is 1.41. The molecule has 2 rings (SSSR count). The molecule has 0 saturated heterocycles. The van der Waals surface area contributed by atoms with Gasteiger partial charge in [-0.25, -0.2) is 8.42 Å². The molecule has 5 nitrogen and oxygen atoms in total. The van der Waals surface area contributed by atoms with E-state index in [1.165, 1.54) is 12.1 Å². The number of sulfonamides is 1. The van der Waals surface area contributed by atoms with Crippen LogP contribution in [0.1, 0.15) is 15.9 Å². The molecular weight excluding hydrogens is 395 g/mol. The van der Waals surface area contributed by atoms with E-state index in [1.807, 2.05) is 0 Å². The highest BCUT2D eigenvalue weighted by Gasteiger charge is 2.15. The minimum absolute atomic E-state index is 0.237. The summed E-state index contributed by atoms with van der Waals surface area (Å²) >= 11 is 17.8. The first-order valence-electron chi connectivity index (χ1n) is 6.62. The first-order valence-corrected chi connectivity index (χ1v) is 9.64. The molecule has 0 aliphatic rings. The second-order valence-electron chi connectivity index (χ2n) is 5.05. The largest absolute Gasteiger partial charge is 0.321 e. The number of rotatable bonds is 4. The molecular formula is C15H13Cl3N2O3S. The molecule has 0 fully saturated rings. The molecule has 0 aromatic heterocycles. The summed E-state index contributed by atoms with van der Waals surface area (Å²) in [7, 11) is -3.45. The van der Waals surface area contributed by atoms with E-state index in [4.69, 9.17) is 34.8 Å². The lowest BCUT2D eigenvalue weighted by molar-refractivity contribution is 0.102. The monoisotopic (exact) mass is 406 g/mol. The van der Waals surface area contributed by atoms with E-state index in [0.29, 0.717) is 22.5 Å². The van der Waals surface area contributed by atoms with Crippen molar-refractivity contribution in [2.24, 2.45) is 0 Å². The molecule has 1 amide bonds. The van der Waals surface area contributed by atoms with Crippen LogP contribution in [-0.2, 0) is 10.0 Å².